The second-order valence-electron chi connectivity index (χ2n) is 3.60. The van der Waals surface area contributed by atoms with Crippen molar-refractivity contribution in [2.45, 2.75) is 32.4 Å². The van der Waals surface area contributed by atoms with Crippen LogP contribution in [-0.2, 0) is 6.54 Å². The second-order valence-corrected chi connectivity index (χ2v) is 5.35. The molecule has 1 aliphatic carbocycles. The maximum atomic E-state index is 5.78. The van der Waals surface area contributed by atoms with Crippen molar-refractivity contribution in [2.75, 3.05) is 0 Å². The number of aromatic nitrogens is 1. The fourth-order valence-corrected chi connectivity index (χ4v) is 2.47. The molecule has 1 heterocycles. The predicted octanol–water partition coefficient (Wildman–Crippen LogP) is 2.68. The monoisotopic (exact) mass is 216 g/mol. The zero-order valence-corrected chi connectivity index (χ0v) is 9.16. The third-order valence-corrected chi connectivity index (χ3v) is 3.78. The van der Waals surface area contributed by atoms with E-state index in [9.17, 15) is 0 Å². The second kappa shape index (κ2) is 3.95. The van der Waals surface area contributed by atoms with Crippen LogP contribution in [-0.4, -0.2) is 11.0 Å². The summed E-state index contributed by atoms with van der Waals surface area (Å²) in [6.45, 7) is 3.16. The lowest BCUT2D eigenvalue weighted by molar-refractivity contribution is 0.228. The largest absolute Gasteiger partial charge is 0.307 e. The molecule has 1 fully saturated rings. The number of hydrogen-bond donors (Lipinski definition) is 1. The number of halogens is 1. The van der Waals surface area contributed by atoms with E-state index in [2.05, 4.69) is 17.2 Å². The molecule has 2 unspecified atom stereocenters. The van der Waals surface area contributed by atoms with Crippen molar-refractivity contribution in [3.63, 3.8) is 0 Å². The zero-order valence-electron chi connectivity index (χ0n) is 7.59. The first-order chi connectivity index (χ1) is 6.25. The van der Waals surface area contributed by atoms with Crippen molar-refractivity contribution in [1.29, 1.82) is 0 Å². The van der Waals surface area contributed by atoms with E-state index >= 15 is 0 Å². The molecule has 0 saturated heterocycles. The van der Waals surface area contributed by atoms with Crippen LogP contribution in [0.1, 0.15) is 24.8 Å². The minimum absolute atomic E-state index is 0.697. The summed E-state index contributed by atoms with van der Waals surface area (Å²) in [7, 11) is 0. The van der Waals surface area contributed by atoms with E-state index in [1.165, 1.54) is 12.8 Å². The summed E-state index contributed by atoms with van der Waals surface area (Å²) in [4.78, 5) is 4.20. The van der Waals surface area contributed by atoms with Crippen molar-refractivity contribution in [3.05, 3.63) is 15.5 Å². The molecule has 0 bridgehead atoms. The van der Waals surface area contributed by atoms with Crippen LogP contribution in [0, 0.1) is 5.92 Å². The van der Waals surface area contributed by atoms with E-state index in [4.69, 9.17) is 11.6 Å². The van der Waals surface area contributed by atoms with Crippen molar-refractivity contribution in [1.82, 2.24) is 10.3 Å². The zero-order chi connectivity index (χ0) is 9.26. The van der Waals surface area contributed by atoms with Gasteiger partial charge in [-0.1, -0.05) is 18.5 Å². The first-order valence-electron chi connectivity index (χ1n) is 4.59. The van der Waals surface area contributed by atoms with Gasteiger partial charge in [0.1, 0.15) is 9.34 Å². The highest BCUT2D eigenvalue weighted by Crippen LogP contribution is 2.27. The number of nitrogens with one attached hydrogen (secondary N) is 1. The molecule has 1 N–H and O–H groups in total. The van der Waals surface area contributed by atoms with Crippen LogP contribution in [0.3, 0.4) is 0 Å². The maximum Gasteiger partial charge on any atom is 0.113 e. The normalized spacial score (nSPS) is 27.2. The molecule has 0 spiro atoms. The molecule has 13 heavy (non-hydrogen) atoms. The number of thiazole rings is 1. The summed E-state index contributed by atoms with van der Waals surface area (Å²) in [5.41, 5.74) is 0. The van der Waals surface area contributed by atoms with Gasteiger partial charge in [0.05, 0.1) is 6.20 Å². The minimum atomic E-state index is 0.697. The summed E-state index contributed by atoms with van der Waals surface area (Å²) in [6.07, 6.45) is 4.38. The fraction of sp³-hybridized carbons (Fsp3) is 0.667. The number of nitrogens with zero attached hydrogens (tertiary/aromatic N) is 1. The number of rotatable bonds is 3. The lowest BCUT2D eigenvalue weighted by Crippen LogP contribution is -2.41. The summed E-state index contributed by atoms with van der Waals surface area (Å²) in [5, 5.41) is 4.57. The van der Waals surface area contributed by atoms with E-state index < -0.39 is 0 Å². The van der Waals surface area contributed by atoms with Gasteiger partial charge in [0.25, 0.3) is 0 Å². The topological polar surface area (TPSA) is 24.9 Å². The first-order valence-corrected chi connectivity index (χ1v) is 5.79. The predicted molar refractivity (Wildman–Crippen MR) is 56.1 cm³/mol. The van der Waals surface area contributed by atoms with Crippen molar-refractivity contribution in [3.8, 4) is 0 Å². The average Bonchev–Trinajstić information content (AvgIpc) is 2.49. The molecule has 0 radical (unpaired) electrons. The molecule has 0 aromatic carbocycles. The molecule has 72 valence electrons. The van der Waals surface area contributed by atoms with E-state index in [-0.39, 0.29) is 0 Å². The first kappa shape index (κ1) is 9.44. The molecular weight excluding hydrogens is 204 g/mol. The Labute approximate surface area is 87.3 Å². The van der Waals surface area contributed by atoms with Gasteiger partial charge in [-0.05, 0) is 18.8 Å². The molecule has 1 aliphatic rings. The Morgan fingerprint density at radius 3 is 3.00 bits per heavy atom. The third-order valence-electron chi connectivity index (χ3n) is 2.66. The lowest BCUT2D eigenvalue weighted by atomic mass is 9.81. The van der Waals surface area contributed by atoms with Crippen LogP contribution < -0.4 is 5.32 Å². The SMILES string of the molecule is CC1CCC1NCc1ncc(Cl)s1. The van der Waals surface area contributed by atoms with Gasteiger partial charge in [-0.2, -0.15) is 0 Å². The Morgan fingerprint density at radius 2 is 2.54 bits per heavy atom. The highest BCUT2D eigenvalue weighted by atomic mass is 35.5. The van der Waals surface area contributed by atoms with E-state index in [1.807, 2.05) is 0 Å². The van der Waals surface area contributed by atoms with Gasteiger partial charge in [-0.25, -0.2) is 4.98 Å². The van der Waals surface area contributed by atoms with Gasteiger partial charge in [0.15, 0.2) is 0 Å². The van der Waals surface area contributed by atoms with Gasteiger partial charge in [0.2, 0.25) is 0 Å². The van der Waals surface area contributed by atoms with Crippen LogP contribution in [0.5, 0.6) is 0 Å². The van der Waals surface area contributed by atoms with Crippen molar-refractivity contribution >= 4 is 22.9 Å². The summed E-state index contributed by atoms with van der Waals surface area (Å²) >= 11 is 7.34. The Bertz CT molecular complexity index is 287. The molecule has 1 aromatic rings. The molecule has 1 saturated carbocycles. The van der Waals surface area contributed by atoms with Crippen molar-refractivity contribution in [2.24, 2.45) is 5.92 Å². The van der Waals surface area contributed by atoms with E-state index in [0.717, 1.165) is 21.8 Å². The van der Waals surface area contributed by atoms with Crippen molar-refractivity contribution < 1.29 is 0 Å². The summed E-state index contributed by atoms with van der Waals surface area (Å²) in [5.74, 6) is 0.829. The molecule has 0 amide bonds. The quantitative estimate of drug-likeness (QED) is 0.841. The molecular formula is C9H13ClN2S. The standard InChI is InChI=1S/C9H13ClN2S/c1-6-2-3-7(6)11-5-9-12-4-8(10)13-9/h4,6-7,11H,2-3,5H2,1H3. The average molecular weight is 217 g/mol. The Kier molecular flexibility index (Phi) is 2.86. The van der Waals surface area contributed by atoms with E-state index in [1.54, 1.807) is 17.5 Å². The van der Waals surface area contributed by atoms with Crippen LogP contribution >= 0.6 is 22.9 Å². The molecule has 2 rings (SSSR count). The third kappa shape index (κ3) is 2.22. The molecule has 2 nitrogen and oxygen atoms in total. The van der Waals surface area contributed by atoms with Crippen LogP contribution in [0.25, 0.3) is 0 Å². The lowest BCUT2D eigenvalue weighted by Gasteiger charge is -2.34. The van der Waals surface area contributed by atoms with Crippen LogP contribution in [0.4, 0.5) is 0 Å². The van der Waals surface area contributed by atoms with Gasteiger partial charge in [-0.15, -0.1) is 11.3 Å². The highest BCUT2D eigenvalue weighted by Gasteiger charge is 2.25. The van der Waals surface area contributed by atoms with Gasteiger partial charge < -0.3 is 5.32 Å². The van der Waals surface area contributed by atoms with Crippen LogP contribution in [0.15, 0.2) is 6.20 Å². The Hall–Kier alpha value is -0.120. The molecule has 0 aliphatic heterocycles. The summed E-state index contributed by atoms with van der Waals surface area (Å²) < 4.78 is 0.776. The molecule has 4 heteroatoms. The molecule has 2 atom stereocenters. The minimum Gasteiger partial charge on any atom is -0.307 e. The molecule has 1 aromatic heterocycles. The number of hydrogen-bond acceptors (Lipinski definition) is 3. The van der Waals surface area contributed by atoms with Gasteiger partial charge in [0, 0.05) is 12.6 Å². The smallest absolute Gasteiger partial charge is 0.113 e. The maximum absolute atomic E-state index is 5.78. The van der Waals surface area contributed by atoms with E-state index in [0.29, 0.717) is 6.04 Å². The van der Waals surface area contributed by atoms with Gasteiger partial charge >= 0.3 is 0 Å². The fourth-order valence-electron chi connectivity index (χ4n) is 1.56. The summed E-state index contributed by atoms with van der Waals surface area (Å²) in [6, 6.07) is 0.697. The highest BCUT2D eigenvalue weighted by molar-refractivity contribution is 7.15. The Morgan fingerprint density at radius 1 is 1.69 bits per heavy atom. The Balaban J connectivity index is 1.79. The van der Waals surface area contributed by atoms with Gasteiger partial charge in [-0.3, -0.25) is 0 Å². The van der Waals surface area contributed by atoms with Crippen LogP contribution in [0.2, 0.25) is 4.34 Å².